The first kappa shape index (κ1) is 14.9. The molecule has 1 aliphatic rings. The number of amides is 1. The molecule has 0 aliphatic carbocycles. The predicted molar refractivity (Wildman–Crippen MR) is 79.2 cm³/mol. The lowest BCUT2D eigenvalue weighted by Crippen LogP contribution is -2.36. The fourth-order valence-electron chi connectivity index (χ4n) is 2.11. The van der Waals surface area contributed by atoms with Crippen molar-refractivity contribution in [2.75, 3.05) is 19.8 Å². The number of ether oxygens (including phenoxy) is 2. The van der Waals surface area contributed by atoms with E-state index in [-0.39, 0.29) is 5.91 Å². The SMILES string of the molecule is CC1=C(C(=O)N(Cc2cccs2)CC(C)C)OCCO1. The summed E-state index contributed by atoms with van der Waals surface area (Å²) in [6.45, 7) is 8.27. The Labute approximate surface area is 124 Å². The smallest absolute Gasteiger partial charge is 0.292 e. The van der Waals surface area contributed by atoms with Crippen molar-refractivity contribution in [3.05, 3.63) is 33.9 Å². The summed E-state index contributed by atoms with van der Waals surface area (Å²) in [5.74, 6) is 1.27. The van der Waals surface area contributed by atoms with Crippen LogP contribution in [-0.4, -0.2) is 30.6 Å². The normalized spacial score (nSPS) is 15.0. The van der Waals surface area contributed by atoms with Gasteiger partial charge < -0.3 is 14.4 Å². The maximum Gasteiger partial charge on any atom is 0.292 e. The van der Waals surface area contributed by atoms with Gasteiger partial charge in [-0.2, -0.15) is 0 Å². The molecule has 0 bridgehead atoms. The topological polar surface area (TPSA) is 38.8 Å². The molecule has 0 unspecified atom stereocenters. The molecule has 0 atom stereocenters. The molecule has 2 heterocycles. The third-order valence-electron chi connectivity index (χ3n) is 2.96. The molecule has 2 rings (SSSR count). The Balaban J connectivity index is 2.15. The third-order valence-corrected chi connectivity index (χ3v) is 3.82. The Morgan fingerprint density at radius 3 is 2.75 bits per heavy atom. The molecule has 0 N–H and O–H groups in total. The van der Waals surface area contributed by atoms with E-state index in [1.165, 1.54) is 4.88 Å². The minimum Gasteiger partial charge on any atom is -0.491 e. The van der Waals surface area contributed by atoms with E-state index in [2.05, 4.69) is 13.8 Å². The summed E-state index contributed by atoms with van der Waals surface area (Å²) < 4.78 is 10.9. The number of carbonyl (C=O) groups is 1. The van der Waals surface area contributed by atoms with Crippen LogP contribution in [0.3, 0.4) is 0 Å². The second-order valence-electron chi connectivity index (χ2n) is 5.24. The molecule has 1 aromatic heterocycles. The summed E-state index contributed by atoms with van der Waals surface area (Å²) in [5, 5.41) is 2.03. The van der Waals surface area contributed by atoms with Gasteiger partial charge in [0.25, 0.3) is 5.91 Å². The van der Waals surface area contributed by atoms with E-state index in [1.807, 2.05) is 22.4 Å². The molecule has 1 amide bonds. The molecule has 5 heteroatoms. The highest BCUT2D eigenvalue weighted by Gasteiger charge is 2.26. The average Bonchev–Trinajstić information content (AvgIpc) is 2.90. The van der Waals surface area contributed by atoms with Gasteiger partial charge in [-0.05, 0) is 24.3 Å². The van der Waals surface area contributed by atoms with Crippen molar-refractivity contribution < 1.29 is 14.3 Å². The van der Waals surface area contributed by atoms with Gasteiger partial charge in [0, 0.05) is 11.4 Å². The van der Waals surface area contributed by atoms with Crippen LogP contribution in [0, 0.1) is 5.92 Å². The van der Waals surface area contributed by atoms with Gasteiger partial charge in [0.1, 0.15) is 19.0 Å². The second-order valence-corrected chi connectivity index (χ2v) is 6.27. The third kappa shape index (κ3) is 3.76. The molecule has 0 spiro atoms. The first-order chi connectivity index (χ1) is 9.58. The number of allylic oxidation sites excluding steroid dienone is 1. The largest absolute Gasteiger partial charge is 0.491 e. The Kier molecular flexibility index (Phi) is 5.06. The Hall–Kier alpha value is -1.49. The van der Waals surface area contributed by atoms with Crippen LogP contribution in [0.4, 0.5) is 0 Å². The highest BCUT2D eigenvalue weighted by Crippen LogP contribution is 2.19. The van der Waals surface area contributed by atoms with E-state index in [4.69, 9.17) is 9.47 Å². The highest BCUT2D eigenvalue weighted by molar-refractivity contribution is 7.09. The van der Waals surface area contributed by atoms with Crippen molar-refractivity contribution in [1.82, 2.24) is 4.90 Å². The second kappa shape index (κ2) is 6.79. The van der Waals surface area contributed by atoms with E-state index in [9.17, 15) is 4.79 Å². The lowest BCUT2D eigenvalue weighted by molar-refractivity contribution is -0.133. The van der Waals surface area contributed by atoms with E-state index in [1.54, 1.807) is 18.3 Å². The summed E-state index contributed by atoms with van der Waals surface area (Å²) in [7, 11) is 0. The zero-order valence-corrected chi connectivity index (χ0v) is 13.0. The van der Waals surface area contributed by atoms with Gasteiger partial charge in [-0.25, -0.2) is 0 Å². The summed E-state index contributed by atoms with van der Waals surface area (Å²) in [4.78, 5) is 15.7. The molecular weight excluding hydrogens is 274 g/mol. The Bertz CT molecular complexity index is 479. The van der Waals surface area contributed by atoms with E-state index < -0.39 is 0 Å². The number of nitrogens with zero attached hydrogens (tertiary/aromatic N) is 1. The lowest BCUT2D eigenvalue weighted by Gasteiger charge is -2.27. The number of thiophene rings is 1. The monoisotopic (exact) mass is 295 g/mol. The van der Waals surface area contributed by atoms with Crippen LogP contribution in [0.5, 0.6) is 0 Å². The van der Waals surface area contributed by atoms with Crippen molar-refractivity contribution in [2.45, 2.75) is 27.3 Å². The Morgan fingerprint density at radius 2 is 2.15 bits per heavy atom. The van der Waals surface area contributed by atoms with Crippen LogP contribution in [-0.2, 0) is 20.8 Å². The summed E-state index contributed by atoms with van der Waals surface area (Å²) in [5.41, 5.74) is 0. The zero-order valence-electron chi connectivity index (χ0n) is 12.2. The van der Waals surface area contributed by atoms with Crippen molar-refractivity contribution in [2.24, 2.45) is 5.92 Å². The van der Waals surface area contributed by atoms with E-state index >= 15 is 0 Å². The maximum absolute atomic E-state index is 12.6. The molecule has 110 valence electrons. The molecule has 0 radical (unpaired) electrons. The first-order valence-electron chi connectivity index (χ1n) is 6.86. The van der Waals surface area contributed by atoms with Crippen molar-refractivity contribution >= 4 is 17.2 Å². The highest BCUT2D eigenvalue weighted by atomic mass is 32.1. The van der Waals surface area contributed by atoms with Gasteiger partial charge >= 0.3 is 0 Å². The number of hydrogen-bond donors (Lipinski definition) is 0. The number of carbonyl (C=O) groups excluding carboxylic acids is 1. The van der Waals surface area contributed by atoms with Crippen LogP contribution in [0.15, 0.2) is 29.0 Å². The fourth-order valence-corrected chi connectivity index (χ4v) is 2.83. The van der Waals surface area contributed by atoms with Crippen molar-refractivity contribution in [3.8, 4) is 0 Å². The molecule has 0 saturated carbocycles. The van der Waals surface area contributed by atoms with Crippen LogP contribution in [0.2, 0.25) is 0 Å². The van der Waals surface area contributed by atoms with E-state index in [0.29, 0.717) is 43.7 Å². The average molecular weight is 295 g/mol. The van der Waals surface area contributed by atoms with Crippen LogP contribution in [0.1, 0.15) is 25.6 Å². The standard InChI is InChI=1S/C15H21NO3S/c1-11(2)9-16(10-13-5-4-8-20-13)15(17)14-12(3)18-6-7-19-14/h4-5,8,11H,6-7,9-10H2,1-3H3. The summed E-state index contributed by atoms with van der Waals surface area (Å²) >= 11 is 1.66. The van der Waals surface area contributed by atoms with Gasteiger partial charge in [-0.15, -0.1) is 11.3 Å². The van der Waals surface area contributed by atoms with Gasteiger partial charge in [-0.1, -0.05) is 19.9 Å². The summed E-state index contributed by atoms with van der Waals surface area (Å²) in [6.07, 6.45) is 0. The van der Waals surface area contributed by atoms with E-state index in [0.717, 1.165) is 0 Å². The molecule has 0 fully saturated rings. The summed E-state index contributed by atoms with van der Waals surface area (Å²) in [6, 6.07) is 4.05. The molecular formula is C15H21NO3S. The predicted octanol–water partition coefficient (Wildman–Crippen LogP) is 3.01. The van der Waals surface area contributed by atoms with Crippen LogP contribution in [0.25, 0.3) is 0 Å². The van der Waals surface area contributed by atoms with Gasteiger partial charge in [0.2, 0.25) is 5.76 Å². The minimum absolute atomic E-state index is 0.0794. The molecule has 20 heavy (non-hydrogen) atoms. The fraction of sp³-hybridized carbons (Fsp3) is 0.533. The van der Waals surface area contributed by atoms with Gasteiger partial charge in [-0.3, -0.25) is 4.79 Å². The minimum atomic E-state index is -0.0794. The molecule has 1 aromatic rings. The molecule has 0 saturated heterocycles. The van der Waals surface area contributed by atoms with Crippen molar-refractivity contribution in [3.63, 3.8) is 0 Å². The maximum atomic E-state index is 12.6. The lowest BCUT2D eigenvalue weighted by atomic mass is 10.2. The Morgan fingerprint density at radius 1 is 1.40 bits per heavy atom. The van der Waals surface area contributed by atoms with Gasteiger partial charge in [0.05, 0.1) is 6.54 Å². The van der Waals surface area contributed by atoms with Crippen LogP contribution < -0.4 is 0 Å². The molecule has 0 aromatic carbocycles. The van der Waals surface area contributed by atoms with Gasteiger partial charge in [0.15, 0.2) is 0 Å². The number of rotatable bonds is 5. The van der Waals surface area contributed by atoms with Crippen LogP contribution >= 0.6 is 11.3 Å². The molecule has 4 nitrogen and oxygen atoms in total. The number of hydrogen-bond acceptors (Lipinski definition) is 4. The quantitative estimate of drug-likeness (QED) is 0.838. The molecule has 1 aliphatic heterocycles. The van der Waals surface area contributed by atoms with Crippen molar-refractivity contribution in [1.29, 1.82) is 0 Å². The first-order valence-corrected chi connectivity index (χ1v) is 7.74. The zero-order chi connectivity index (χ0) is 14.5.